The Balaban J connectivity index is 2.84. The fourth-order valence-corrected chi connectivity index (χ4v) is 1.66. The van der Waals surface area contributed by atoms with Crippen LogP contribution in [0, 0.1) is 0 Å². The summed E-state index contributed by atoms with van der Waals surface area (Å²) >= 11 is 8.93. The van der Waals surface area contributed by atoms with Gasteiger partial charge in [-0.25, -0.2) is 4.98 Å². The number of nitrogens with zero attached hydrogens (tertiary/aromatic N) is 2. The zero-order chi connectivity index (χ0) is 10.1. The van der Waals surface area contributed by atoms with Gasteiger partial charge in [-0.15, -0.1) is 11.6 Å². The van der Waals surface area contributed by atoms with Crippen LogP contribution in [-0.2, 0) is 5.88 Å². The van der Waals surface area contributed by atoms with Gasteiger partial charge in [-0.1, -0.05) is 15.9 Å². The zero-order valence-electron chi connectivity index (χ0n) is 7.08. The molecule has 2 aromatic heterocycles. The Labute approximate surface area is 93.5 Å². The second-order valence-corrected chi connectivity index (χ2v) is 3.98. The Kier molecular flexibility index (Phi) is 2.56. The quantitative estimate of drug-likeness (QED) is 0.747. The van der Waals surface area contributed by atoms with Crippen molar-refractivity contribution in [3.05, 3.63) is 44.9 Å². The molecule has 3 nitrogen and oxygen atoms in total. The van der Waals surface area contributed by atoms with E-state index in [1.54, 1.807) is 18.3 Å². The molecule has 5 heteroatoms. The fraction of sp³-hybridized carbons (Fsp3) is 0.111. The van der Waals surface area contributed by atoms with Gasteiger partial charge in [0.15, 0.2) is 0 Å². The summed E-state index contributed by atoms with van der Waals surface area (Å²) in [5.41, 5.74) is 1.08. The van der Waals surface area contributed by atoms with Crippen LogP contribution >= 0.6 is 27.5 Å². The smallest absolute Gasteiger partial charge is 0.258 e. The molecule has 0 aliphatic heterocycles. The van der Waals surface area contributed by atoms with E-state index in [-0.39, 0.29) is 11.4 Å². The topological polar surface area (TPSA) is 34.4 Å². The maximum absolute atomic E-state index is 11.5. The molecule has 0 unspecified atom stereocenters. The van der Waals surface area contributed by atoms with Gasteiger partial charge in [0.1, 0.15) is 5.65 Å². The third kappa shape index (κ3) is 1.67. The summed E-state index contributed by atoms with van der Waals surface area (Å²) < 4.78 is 2.36. The molecule has 0 radical (unpaired) electrons. The molecule has 0 spiro atoms. The minimum atomic E-state index is -0.113. The maximum Gasteiger partial charge on any atom is 0.258 e. The van der Waals surface area contributed by atoms with Gasteiger partial charge < -0.3 is 0 Å². The number of pyridine rings is 1. The van der Waals surface area contributed by atoms with Crippen LogP contribution in [0.5, 0.6) is 0 Å². The zero-order valence-corrected chi connectivity index (χ0v) is 9.42. The van der Waals surface area contributed by atoms with Crippen molar-refractivity contribution in [3.63, 3.8) is 0 Å². The second kappa shape index (κ2) is 3.71. The number of hydrogen-bond donors (Lipinski definition) is 0. The largest absolute Gasteiger partial charge is 0.269 e. The molecular formula is C9H6BrClN2O. The predicted octanol–water partition coefficient (Wildman–Crippen LogP) is 2.20. The summed E-state index contributed by atoms with van der Waals surface area (Å²) in [4.78, 5) is 15.7. The van der Waals surface area contributed by atoms with Gasteiger partial charge in [-0.2, -0.15) is 0 Å². The molecule has 0 aliphatic carbocycles. The van der Waals surface area contributed by atoms with Gasteiger partial charge in [0, 0.05) is 16.7 Å². The van der Waals surface area contributed by atoms with Gasteiger partial charge in [0.2, 0.25) is 0 Å². The number of fused-ring (bicyclic) bond motifs is 1. The molecule has 72 valence electrons. The highest BCUT2D eigenvalue weighted by molar-refractivity contribution is 9.10. The van der Waals surface area contributed by atoms with Crippen molar-refractivity contribution >= 4 is 33.2 Å². The van der Waals surface area contributed by atoms with Crippen molar-refractivity contribution < 1.29 is 0 Å². The van der Waals surface area contributed by atoms with Crippen molar-refractivity contribution in [2.45, 2.75) is 5.88 Å². The minimum absolute atomic E-state index is 0.113. The first kappa shape index (κ1) is 9.68. The number of alkyl halides is 1. The Bertz CT molecular complexity index is 538. The molecule has 0 bridgehead atoms. The summed E-state index contributed by atoms with van der Waals surface area (Å²) in [6, 6.07) is 5.00. The molecule has 2 heterocycles. The highest BCUT2D eigenvalue weighted by atomic mass is 79.9. The lowest BCUT2D eigenvalue weighted by Gasteiger charge is -2.01. The average Bonchev–Trinajstić information content (AvgIpc) is 2.16. The monoisotopic (exact) mass is 272 g/mol. The van der Waals surface area contributed by atoms with Crippen LogP contribution in [0.25, 0.3) is 5.65 Å². The summed E-state index contributed by atoms with van der Waals surface area (Å²) in [6.07, 6.45) is 1.67. The highest BCUT2D eigenvalue weighted by Crippen LogP contribution is 2.10. The molecule has 2 aromatic rings. The normalized spacial score (nSPS) is 10.7. The van der Waals surface area contributed by atoms with Gasteiger partial charge >= 0.3 is 0 Å². The summed E-state index contributed by atoms with van der Waals surface area (Å²) in [6.45, 7) is 0. The molecule has 2 rings (SSSR count). The Morgan fingerprint density at radius 1 is 1.50 bits per heavy atom. The average molecular weight is 274 g/mol. The lowest BCUT2D eigenvalue weighted by molar-refractivity contribution is 1.01. The van der Waals surface area contributed by atoms with Crippen LogP contribution in [-0.4, -0.2) is 9.38 Å². The maximum atomic E-state index is 11.5. The van der Waals surface area contributed by atoms with Crippen LogP contribution in [0.15, 0.2) is 33.7 Å². The molecular weight excluding hydrogens is 267 g/mol. The van der Waals surface area contributed by atoms with Crippen molar-refractivity contribution in [1.29, 1.82) is 0 Å². The van der Waals surface area contributed by atoms with E-state index in [0.717, 1.165) is 4.47 Å². The van der Waals surface area contributed by atoms with Crippen LogP contribution < -0.4 is 5.56 Å². The van der Waals surface area contributed by atoms with Gasteiger partial charge in [0.25, 0.3) is 5.56 Å². The molecule has 0 aliphatic rings. The molecule has 14 heavy (non-hydrogen) atoms. The van der Waals surface area contributed by atoms with Crippen LogP contribution in [0.2, 0.25) is 0 Å². The Hall–Kier alpha value is -0.870. The first-order chi connectivity index (χ1) is 6.70. The van der Waals surface area contributed by atoms with Crippen molar-refractivity contribution in [2.24, 2.45) is 0 Å². The Morgan fingerprint density at radius 3 is 3.00 bits per heavy atom. The number of halogens is 2. The van der Waals surface area contributed by atoms with E-state index in [9.17, 15) is 4.79 Å². The van der Waals surface area contributed by atoms with E-state index in [0.29, 0.717) is 11.3 Å². The molecule has 0 aromatic carbocycles. The summed E-state index contributed by atoms with van der Waals surface area (Å²) in [5.74, 6) is 0.248. The van der Waals surface area contributed by atoms with Crippen molar-refractivity contribution in [3.8, 4) is 0 Å². The summed E-state index contributed by atoms with van der Waals surface area (Å²) in [7, 11) is 0. The number of rotatable bonds is 1. The van der Waals surface area contributed by atoms with Gasteiger partial charge in [-0.05, 0) is 12.1 Å². The third-order valence-electron chi connectivity index (χ3n) is 1.82. The fourth-order valence-electron chi connectivity index (χ4n) is 1.20. The van der Waals surface area contributed by atoms with E-state index in [1.807, 2.05) is 0 Å². The van der Waals surface area contributed by atoms with Crippen molar-refractivity contribution in [1.82, 2.24) is 9.38 Å². The highest BCUT2D eigenvalue weighted by Gasteiger charge is 2.01. The van der Waals surface area contributed by atoms with E-state index in [2.05, 4.69) is 20.9 Å². The molecule has 0 saturated heterocycles. The van der Waals surface area contributed by atoms with Crippen LogP contribution in [0.3, 0.4) is 0 Å². The first-order valence-electron chi connectivity index (χ1n) is 3.94. The Morgan fingerprint density at radius 2 is 2.29 bits per heavy atom. The lowest BCUT2D eigenvalue weighted by atomic mass is 10.4. The molecule has 0 atom stereocenters. The van der Waals surface area contributed by atoms with Crippen LogP contribution in [0.4, 0.5) is 0 Å². The SMILES string of the molecule is O=c1cc(CCl)nc2cc(Br)ccn12. The minimum Gasteiger partial charge on any atom is -0.269 e. The van der Waals surface area contributed by atoms with E-state index in [1.165, 1.54) is 10.5 Å². The number of hydrogen-bond acceptors (Lipinski definition) is 2. The van der Waals surface area contributed by atoms with Gasteiger partial charge in [0.05, 0.1) is 11.6 Å². The van der Waals surface area contributed by atoms with E-state index in [4.69, 9.17) is 11.6 Å². The molecule has 0 fully saturated rings. The molecule has 0 amide bonds. The number of aromatic nitrogens is 2. The molecule has 0 N–H and O–H groups in total. The molecule has 0 saturated carbocycles. The van der Waals surface area contributed by atoms with Crippen molar-refractivity contribution in [2.75, 3.05) is 0 Å². The standard InChI is InChI=1S/C9H6BrClN2O/c10-6-1-2-13-8(3-6)12-7(5-11)4-9(13)14/h1-4H,5H2. The van der Waals surface area contributed by atoms with Crippen LogP contribution in [0.1, 0.15) is 5.69 Å². The second-order valence-electron chi connectivity index (χ2n) is 2.79. The lowest BCUT2D eigenvalue weighted by Crippen LogP contribution is -2.14. The predicted molar refractivity (Wildman–Crippen MR) is 58.7 cm³/mol. The van der Waals surface area contributed by atoms with Gasteiger partial charge in [-0.3, -0.25) is 9.20 Å². The summed E-state index contributed by atoms with van der Waals surface area (Å²) in [5, 5.41) is 0. The first-order valence-corrected chi connectivity index (χ1v) is 5.27. The van der Waals surface area contributed by atoms with E-state index < -0.39 is 0 Å². The third-order valence-corrected chi connectivity index (χ3v) is 2.59. The van der Waals surface area contributed by atoms with E-state index >= 15 is 0 Å².